The third-order valence-corrected chi connectivity index (χ3v) is 7.55. The Labute approximate surface area is 192 Å². The zero-order valence-electron chi connectivity index (χ0n) is 17.9. The fraction of sp³-hybridized carbons (Fsp3) is 0.440. The van der Waals surface area contributed by atoms with Crippen molar-refractivity contribution in [3.05, 3.63) is 64.6 Å². The van der Waals surface area contributed by atoms with Crippen molar-refractivity contribution in [2.45, 2.75) is 50.0 Å². The number of carbonyl (C=O) groups is 1. The maximum Gasteiger partial charge on any atom is 0.198 e. The molecule has 2 N–H and O–H groups in total. The molecule has 2 saturated heterocycles. The first-order chi connectivity index (χ1) is 15.6. The van der Waals surface area contributed by atoms with Gasteiger partial charge in [-0.2, -0.15) is 0 Å². The average molecular weight is 451 g/mol. The van der Waals surface area contributed by atoms with E-state index in [9.17, 15) is 4.79 Å². The number of ketones is 1. The zero-order chi connectivity index (χ0) is 21.7. The number of rotatable bonds is 4. The summed E-state index contributed by atoms with van der Waals surface area (Å²) in [5.74, 6) is 0.0123. The predicted octanol–water partition coefficient (Wildman–Crippen LogP) is 3.97. The van der Waals surface area contributed by atoms with E-state index in [4.69, 9.17) is 16.3 Å². The van der Waals surface area contributed by atoms with Crippen molar-refractivity contribution in [2.24, 2.45) is 0 Å². The Morgan fingerprint density at radius 2 is 2.12 bits per heavy atom. The molecule has 1 spiro atoms. The molecular formula is C25H27ClN4O2. The van der Waals surface area contributed by atoms with Crippen LogP contribution in [-0.2, 0) is 16.9 Å². The van der Waals surface area contributed by atoms with Crippen LogP contribution in [0.2, 0.25) is 5.02 Å². The number of nitrogens with one attached hydrogen (secondary N) is 2. The van der Waals surface area contributed by atoms with Gasteiger partial charge in [0.1, 0.15) is 6.10 Å². The lowest BCUT2D eigenvalue weighted by Crippen LogP contribution is -2.40. The molecule has 2 atom stereocenters. The van der Waals surface area contributed by atoms with Crippen LogP contribution in [0.3, 0.4) is 0 Å². The molecule has 3 aliphatic rings. The minimum atomic E-state index is -0.606. The van der Waals surface area contributed by atoms with Gasteiger partial charge in [0.15, 0.2) is 5.78 Å². The Balaban J connectivity index is 1.41. The highest BCUT2D eigenvalue weighted by Gasteiger charge is 2.48. The molecule has 1 aromatic carbocycles. The summed E-state index contributed by atoms with van der Waals surface area (Å²) in [5.41, 5.74) is 3.30. The Bertz CT molecular complexity index is 1180. The van der Waals surface area contributed by atoms with Crippen LogP contribution in [0.15, 0.2) is 42.9 Å². The number of benzene rings is 1. The second-order valence-corrected chi connectivity index (χ2v) is 9.66. The van der Waals surface area contributed by atoms with Gasteiger partial charge in [0, 0.05) is 52.7 Å². The van der Waals surface area contributed by atoms with E-state index in [0.29, 0.717) is 16.6 Å². The third kappa shape index (κ3) is 3.28. The number of hydrogen-bond donors (Lipinski definition) is 2. The highest BCUT2D eigenvalue weighted by atomic mass is 35.5. The Morgan fingerprint density at radius 1 is 1.25 bits per heavy atom. The maximum atomic E-state index is 14.0. The van der Waals surface area contributed by atoms with Gasteiger partial charge in [0.2, 0.25) is 0 Å². The number of halogens is 1. The minimum absolute atomic E-state index is 0.0123. The van der Waals surface area contributed by atoms with Crippen molar-refractivity contribution < 1.29 is 9.53 Å². The number of Topliss-reactive ketones (excluding diaryl/α,β-unsaturated/α-hetero) is 1. The minimum Gasteiger partial charge on any atom is -0.354 e. The predicted molar refractivity (Wildman–Crippen MR) is 124 cm³/mol. The molecule has 7 heteroatoms. The van der Waals surface area contributed by atoms with Gasteiger partial charge in [-0.1, -0.05) is 17.7 Å². The second-order valence-electron chi connectivity index (χ2n) is 9.22. The Morgan fingerprint density at radius 3 is 2.94 bits per heavy atom. The number of nitrogens with zero attached hydrogens (tertiary/aromatic N) is 2. The molecule has 3 aromatic rings. The molecule has 5 heterocycles. The highest BCUT2D eigenvalue weighted by molar-refractivity contribution is 6.31. The number of fused-ring (bicyclic) bond motifs is 3. The van der Waals surface area contributed by atoms with Crippen molar-refractivity contribution in [3.63, 3.8) is 0 Å². The van der Waals surface area contributed by atoms with E-state index in [0.717, 1.165) is 67.5 Å². The van der Waals surface area contributed by atoms with Crippen LogP contribution >= 0.6 is 11.6 Å². The number of piperidine rings is 1. The topological polar surface area (TPSA) is 68.2 Å². The smallest absolute Gasteiger partial charge is 0.198 e. The summed E-state index contributed by atoms with van der Waals surface area (Å²) in [5, 5.41) is 8.57. The van der Waals surface area contributed by atoms with Crippen LogP contribution in [0.4, 0.5) is 0 Å². The Hall–Kier alpha value is -2.25. The maximum absolute atomic E-state index is 14.0. The summed E-state index contributed by atoms with van der Waals surface area (Å²) in [6, 6.07) is 8.16. The molecule has 0 unspecified atom stereocenters. The van der Waals surface area contributed by atoms with E-state index >= 15 is 0 Å². The number of ether oxygens (including phenoxy) is 1. The quantitative estimate of drug-likeness (QED) is 0.588. The van der Waals surface area contributed by atoms with Gasteiger partial charge in [-0.15, -0.1) is 0 Å². The lowest BCUT2D eigenvalue weighted by molar-refractivity contribution is -0.0806. The molecule has 32 heavy (non-hydrogen) atoms. The summed E-state index contributed by atoms with van der Waals surface area (Å²) >= 11 is 6.34. The van der Waals surface area contributed by atoms with Crippen LogP contribution in [0.1, 0.15) is 53.3 Å². The monoisotopic (exact) mass is 450 g/mol. The van der Waals surface area contributed by atoms with E-state index in [1.54, 1.807) is 6.20 Å². The SMILES string of the molecule is O=C(c1cn(C[C@@H]2CCCN2)c2cc(Cl)ccc12)[C@@H]1OC2(CCNCC2)c2cnccc21. The van der Waals surface area contributed by atoms with Gasteiger partial charge in [-0.25, -0.2) is 0 Å². The van der Waals surface area contributed by atoms with Gasteiger partial charge in [-0.05, 0) is 69.1 Å². The summed E-state index contributed by atoms with van der Waals surface area (Å²) in [6.45, 7) is 3.63. The Kier molecular flexibility index (Phi) is 5.06. The van der Waals surface area contributed by atoms with E-state index < -0.39 is 11.7 Å². The van der Waals surface area contributed by atoms with Crippen LogP contribution in [-0.4, -0.2) is 41.0 Å². The largest absolute Gasteiger partial charge is 0.354 e. The average Bonchev–Trinajstić information content (AvgIpc) is 3.53. The first kappa shape index (κ1) is 20.4. The van der Waals surface area contributed by atoms with Crippen molar-refractivity contribution in [3.8, 4) is 0 Å². The van der Waals surface area contributed by atoms with Crippen LogP contribution in [0.25, 0.3) is 10.9 Å². The van der Waals surface area contributed by atoms with E-state index in [1.807, 2.05) is 36.7 Å². The molecule has 2 fully saturated rings. The summed E-state index contributed by atoms with van der Waals surface area (Å²) in [6.07, 6.45) is 9.08. The van der Waals surface area contributed by atoms with Gasteiger partial charge in [-0.3, -0.25) is 9.78 Å². The lowest BCUT2D eigenvalue weighted by Gasteiger charge is -2.34. The van der Waals surface area contributed by atoms with Crippen molar-refractivity contribution in [1.29, 1.82) is 0 Å². The van der Waals surface area contributed by atoms with Crippen molar-refractivity contribution in [1.82, 2.24) is 20.2 Å². The van der Waals surface area contributed by atoms with Gasteiger partial charge >= 0.3 is 0 Å². The van der Waals surface area contributed by atoms with E-state index in [-0.39, 0.29) is 5.78 Å². The third-order valence-electron chi connectivity index (χ3n) is 7.31. The number of carbonyl (C=O) groups excluding carboxylic acids is 1. The molecule has 3 aliphatic heterocycles. The molecule has 166 valence electrons. The first-order valence-electron chi connectivity index (χ1n) is 11.5. The van der Waals surface area contributed by atoms with Crippen molar-refractivity contribution in [2.75, 3.05) is 19.6 Å². The summed E-state index contributed by atoms with van der Waals surface area (Å²) in [7, 11) is 0. The molecule has 6 nitrogen and oxygen atoms in total. The zero-order valence-corrected chi connectivity index (χ0v) is 18.7. The van der Waals surface area contributed by atoms with Crippen LogP contribution in [0.5, 0.6) is 0 Å². The number of hydrogen-bond acceptors (Lipinski definition) is 5. The number of pyridine rings is 1. The molecule has 0 saturated carbocycles. The van der Waals surface area contributed by atoms with Gasteiger partial charge in [0.25, 0.3) is 0 Å². The van der Waals surface area contributed by atoms with Gasteiger partial charge in [0.05, 0.1) is 11.1 Å². The summed E-state index contributed by atoms with van der Waals surface area (Å²) < 4.78 is 8.80. The van der Waals surface area contributed by atoms with E-state index in [1.165, 1.54) is 6.42 Å². The van der Waals surface area contributed by atoms with Crippen LogP contribution in [0, 0.1) is 0 Å². The molecular weight excluding hydrogens is 424 g/mol. The lowest BCUT2D eigenvalue weighted by atomic mass is 9.85. The first-order valence-corrected chi connectivity index (χ1v) is 11.9. The molecule has 0 aliphatic carbocycles. The highest BCUT2D eigenvalue weighted by Crippen LogP contribution is 2.49. The normalized spacial score (nSPS) is 24.3. The standard InChI is InChI=1S/C25H27ClN4O2/c26-16-3-4-18-20(15-30(22(18)12-16)14-17-2-1-8-29-17)23(31)24-19-5-9-28-13-21(19)25(32-24)6-10-27-11-7-25/h3-5,9,12-13,15,17,24,27,29H,1-2,6-8,10-11,14H2/t17-,24+/m0/s1. The van der Waals surface area contributed by atoms with E-state index in [2.05, 4.69) is 20.2 Å². The summed E-state index contributed by atoms with van der Waals surface area (Å²) in [4.78, 5) is 18.3. The fourth-order valence-electron chi connectivity index (χ4n) is 5.68. The molecule has 6 rings (SSSR count). The molecule has 2 aromatic heterocycles. The number of aromatic nitrogens is 2. The molecule has 0 amide bonds. The molecule has 0 radical (unpaired) electrons. The fourth-order valence-corrected chi connectivity index (χ4v) is 5.85. The second kappa shape index (κ2) is 7.96. The van der Waals surface area contributed by atoms with Gasteiger partial charge < -0.3 is 19.9 Å². The molecule has 0 bridgehead atoms. The van der Waals surface area contributed by atoms with Crippen LogP contribution < -0.4 is 10.6 Å². The van der Waals surface area contributed by atoms with Crippen molar-refractivity contribution >= 4 is 28.3 Å².